The number of rotatable bonds is 8. The van der Waals surface area contributed by atoms with Gasteiger partial charge in [-0.15, -0.1) is 6.58 Å². The summed E-state index contributed by atoms with van der Waals surface area (Å²) < 4.78 is 4.92. The predicted octanol–water partition coefficient (Wildman–Crippen LogP) is 7.16. The van der Waals surface area contributed by atoms with Gasteiger partial charge in [0.2, 0.25) is 5.91 Å². The predicted molar refractivity (Wildman–Crippen MR) is 135 cm³/mol. The largest absolute Gasteiger partial charge is 0.384 e. The zero-order chi connectivity index (χ0) is 23.8. The van der Waals surface area contributed by atoms with E-state index in [4.69, 9.17) is 4.74 Å². The Labute approximate surface area is 187 Å². The fourth-order valence-corrected chi connectivity index (χ4v) is 1.87. The second-order valence-electron chi connectivity index (χ2n) is 6.59. The number of methoxy groups -OCH3 is 1. The maximum atomic E-state index is 11.5. The van der Waals surface area contributed by atoms with E-state index >= 15 is 0 Å². The van der Waals surface area contributed by atoms with E-state index in [-0.39, 0.29) is 11.8 Å². The molecule has 1 aromatic carbocycles. The maximum Gasteiger partial charge on any atom is 0.225 e. The Hall–Kier alpha value is -2.13. The minimum atomic E-state index is -0.0984. The molecule has 0 bridgehead atoms. The lowest BCUT2D eigenvalue weighted by molar-refractivity contribution is -0.125. The Kier molecular flexibility index (Phi) is 27.0. The number of benzene rings is 1. The van der Waals surface area contributed by atoms with Gasteiger partial charge in [0.15, 0.2) is 0 Å². The van der Waals surface area contributed by atoms with Crippen molar-refractivity contribution in [1.29, 1.82) is 0 Å². The number of amides is 1. The van der Waals surface area contributed by atoms with E-state index < -0.39 is 0 Å². The SMILES string of the molecule is C/C=C\C(=C/C)CNC(=O)C(C)COC.C=C(C)CC.CC.CCc1ccccc1. The topological polar surface area (TPSA) is 38.3 Å². The minimum absolute atomic E-state index is 0.0284. The van der Waals surface area contributed by atoms with Crippen molar-refractivity contribution in [2.45, 2.75) is 68.2 Å². The van der Waals surface area contributed by atoms with Gasteiger partial charge in [-0.25, -0.2) is 0 Å². The molecular formula is C27H47NO2. The molecule has 0 aliphatic rings. The lowest BCUT2D eigenvalue weighted by Gasteiger charge is -2.11. The molecule has 172 valence electrons. The standard InChI is InChI=1S/C12H21NO2.C8H10.C5H10.C2H6/c1-5-7-11(6-2)8-13-12(14)10(3)9-15-4;1-2-8-6-4-3-5-7-8;1-4-5(2)3;1-2/h5-7,10H,8-9H2,1-4H3,(H,13,14);3-7H,2H2,1H3;2,4H2,1,3H3;1-2H3/b7-5-,11-6+;;;. The number of carbonyl (C=O) groups is 1. The molecule has 0 fully saturated rings. The van der Waals surface area contributed by atoms with Crippen LogP contribution in [0.1, 0.15) is 67.4 Å². The van der Waals surface area contributed by atoms with Crippen LogP contribution in [0.3, 0.4) is 0 Å². The highest BCUT2D eigenvalue weighted by atomic mass is 16.5. The van der Waals surface area contributed by atoms with E-state index in [9.17, 15) is 4.79 Å². The van der Waals surface area contributed by atoms with E-state index in [1.165, 1.54) is 11.1 Å². The van der Waals surface area contributed by atoms with Crippen molar-refractivity contribution in [2.24, 2.45) is 5.92 Å². The fourth-order valence-electron chi connectivity index (χ4n) is 1.87. The molecule has 3 heteroatoms. The molecule has 30 heavy (non-hydrogen) atoms. The molecule has 1 N–H and O–H groups in total. The van der Waals surface area contributed by atoms with Crippen molar-refractivity contribution >= 4 is 5.91 Å². The number of allylic oxidation sites excluding steroid dienone is 3. The molecular weight excluding hydrogens is 370 g/mol. The first-order chi connectivity index (χ1) is 14.4. The molecule has 0 aliphatic carbocycles. The van der Waals surface area contributed by atoms with Crippen LogP contribution >= 0.6 is 0 Å². The molecule has 1 aromatic rings. The summed E-state index contributed by atoms with van der Waals surface area (Å²) in [5, 5.41) is 2.86. The van der Waals surface area contributed by atoms with E-state index in [1.807, 2.05) is 65.8 Å². The number of ether oxygens (including phenoxy) is 1. The molecule has 1 amide bonds. The third-order valence-corrected chi connectivity index (χ3v) is 3.94. The van der Waals surface area contributed by atoms with Crippen LogP contribution in [0.4, 0.5) is 0 Å². The van der Waals surface area contributed by atoms with Gasteiger partial charge in [0, 0.05) is 13.7 Å². The molecule has 1 rings (SSSR count). The molecule has 1 atom stereocenters. The Bertz CT molecular complexity index is 574. The molecule has 0 saturated heterocycles. The van der Waals surface area contributed by atoms with Crippen molar-refractivity contribution in [1.82, 2.24) is 5.32 Å². The molecule has 0 aliphatic heterocycles. The van der Waals surface area contributed by atoms with Crippen molar-refractivity contribution in [3.63, 3.8) is 0 Å². The van der Waals surface area contributed by atoms with Gasteiger partial charge < -0.3 is 10.1 Å². The number of carbonyl (C=O) groups excluding carboxylic acids is 1. The zero-order valence-corrected chi connectivity index (χ0v) is 21.0. The average Bonchev–Trinajstić information content (AvgIpc) is 2.79. The van der Waals surface area contributed by atoms with Crippen LogP contribution in [0, 0.1) is 5.92 Å². The minimum Gasteiger partial charge on any atom is -0.384 e. The van der Waals surface area contributed by atoms with Crippen molar-refractivity contribution in [2.75, 3.05) is 20.3 Å². The third-order valence-electron chi connectivity index (χ3n) is 3.94. The van der Waals surface area contributed by atoms with Gasteiger partial charge in [-0.05, 0) is 44.7 Å². The second-order valence-corrected chi connectivity index (χ2v) is 6.59. The number of aryl methyl sites for hydroxylation is 1. The van der Waals surface area contributed by atoms with Crippen LogP contribution in [0.25, 0.3) is 0 Å². The molecule has 0 heterocycles. The molecule has 0 aromatic heterocycles. The third kappa shape index (κ3) is 22.2. The second kappa shape index (κ2) is 24.9. The van der Waals surface area contributed by atoms with Crippen molar-refractivity contribution in [3.8, 4) is 0 Å². The van der Waals surface area contributed by atoms with Crippen LogP contribution in [0.15, 0.2) is 66.3 Å². The molecule has 0 spiro atoms. The highest BCUT2D eigenvalue weighted by Crippen LogP contribution is 1.98. The molecule has 1 unspecified atom stereocenters. The lowest BCUT2D eigenvalue weighted by Crippen LogP contribution is -2.32. The average molecular weight is 418 g/mol. The monoisotopic (exact) mass is 417 g/mol. The summed E-state index contributed by atoms with van der Waals surface area (Å²) in [7, 11) is 1.60. The van der Waals surface area contributed by atoms with Crippen molar-refractivity contribution < 1.29 is 9.53 Å². The van der Waals surface area contributed by atoms with Crippen LogP contribution in [0.5, 0.6) is 0 Å². The van der Waals surface area contributed by atoms with Crippen LogP contribution in [-0.4, -0.2) is 26.2 Å². The summed E-state index contributed by atoms with van der Waals surface area (Å²) in [6.45, 7) is 20.8. The Morgan fingerprint density at radius 1 is 1.17 bits per heavy atom. The number of nitrogens with one attached hydrogen (secondary N) is 1. The quantitative estimate of drug-likeness (QED) is 0.360. The summed E-state index contributed by atoms with van der Waals surface area (Å²) in [6, 6.07) is 10.5. The van der Waals surface area contributed by atoms with Gasteiger partial charge >= 0.3 is 0 Å². The summed E-state index contributed by atoms with van der Waals surface area (Å²) in [6.07, 6.45) is 8.18. The fraction of sp³-hybridized carbons (Fsp3) is 0.519. The van der Waals surface area contributed by atoms with E-state index in [0.717, 1.165) is 18.4 Å². The first-order valence-electron chi connectivity index (χ1n) is 11.1. The Morgan fingerprint density at radius 3 is 2.03 bits per heavy atom. The van der Waals surface area contributed by atoms with E-state index in [0.29, 0.717) is 13.2 Å². The number of hydrogen-bond donors (Lipinski definition) is 1. The molecule has 3 nitrogen and oxygen atoms in total. The lowest BCUT2D eigenvalue weighted by atomic mass is 10.1. The van der Waals surface area contributed by atoms with Crippen molar-refractivity contribution in [3.05, 3.63) is 71.8 Å². The van der Waals surface area contributed by atoms with Crippen LogP contribution in [-0.2, 0) is 16.0 Å². The Balaban J connectivity index is -0.000000403. The van der Waals surface area contributed by atoms with E-state index in [2.05, 4.69) is 50.0 Å². The van der Waals surface area contributed by atoms with E-state index in [1.54, 1.807) is 7.11 Å². The molecule has 0 radical (unpaired) electrons. The van der Waals surface area contributed by atoms with Crippen LogP contribution < -0.4 is 5.32 Å². The highest BCUT2D eigenvalue weighted by molar-refractivity contribution is 5.78. The normalized spacial score (nSPS) is 11.0. The zero-order valence-electron chi connectivity index (χ0n) is 21.0. The summed E-state index contributed by atoms with van der Waals surface area (Å²) in [5.74, 6) is -0.0700. The smallest absolute Gasteiger partial charge is 0.225 e. The highest BCUT2D eigenvalue weighted by Gasteiger charge is 2.11. The summed E-state index contributed by atoms with van der Waals surface area (Å²) >= 11 is 0. The number of hydrogen-bond acceptors (Lipinski definition) is 2. The van der Waals surface area contributed by atoms with Gasteiger partial charge in [0.05, 0.1) is 12.5 Å². The maximum absolute atomic E-state index is 11.5. The first kappa shape index (κ1) is 32.5. The molecule has 0 saturated carbocycles. The van der Waals surface area contributed by atoms with Gasteiger partial charge in [0.1, 0.15) is 0 Å². The summed E-state index contributed by atoms with van der Waals surface area (Å²) in [5.41, 5.74) is 3.77. The van der Waals surface area contributed by atoms with Gasteiger partial charge in [-0.3, -0.25) is 4.79 Å². The van der Waals surface area contributed by atoms with Gasteiger partial charge in [-0.1, -0.05) is 88.8 Å². The first-order valence-corrected chi connectivity index (χ1v) is 11.1. The summed E-state index contributed by atoms with van der Waals surface area (Å²) in [4.78, 5) is 11.5. The van der Waals surface area contributed by atoms with Crippen LogP contribution in [0.2, 0.25) is 0 Å². The Morgan fingerprint density at radius 2 is 1.70 bits per heavy atom. The van der Waals surface area contributed by atoms with Gasteiger partial charge in [0.25, 0.3) is 0 Å². The van der Waals surface area contributed by atoms with Gasteiger partial charge in [-0.2, -0.15) is 0 Å².